The monoisotopic (exact) mass is 330 g/mol. The number of benzene rings is 1. The number of likely N-dealkylation sites (tertiary alicyclic amines) is 1. The molecule has 2 atom stereocenters. The molecule has 4 heteroatoms. The van der Waals surface area contributed by atoms with Crippen LogP contribution in [0, 0.1) is 11.8 Å². The van der Waals surface area contributed by atoms with Crippen LogP contribution in [0.5, 0.6) is 5.75 Å². The van der Waals surface area contributed by atoms with E-state index in [1.165, 1.54) is 5.56 Å². The zero-order chi connectivity index (χ0) is 16.9. The Morgan fingerprint density at radius 2 is 2.00 bits per heavy atom. The Hall–Kier alpha value is -1.55. The molecule has 0 unspecified atom stereocenters. The Morgan fingerprint density at radius 1 is 1.25 bits per heavy atom. The molecule has 1 N–H and O–H groups in total. The molecule has 24 heavy (non-hydrogen) atoms. The van der Waals surface area contributed by atoms with Gasteiger partial charge in [0.05, 0.1) is 6.61 Å². The van der Waals surface area contributed by atoms with Gasteiger partial charge in [0.15, 0.2) is 0 Å². The molecule has 1 aromatic rings. The van der Waals surface area contributed by atoms with Crippen LogP contribution in [0.2, 0.25) is 0 Å². The van der Waals surface area contributed by atoms with E-state index < -0.39 is 0 Å². The lowest BCUT2D eigenvalue weighted by Crippen LogP contribution is -2.50. The van der Waals surface area contributed by atoms with Crippen LogP contribution in [0.1, 0.15) is 45.1 Å². The van der Waals surface area contributed by atoms with Gasteiger partial charge in [-0.15, -0.1) is 0 Å². The van der Waals surface area contributed by atoms with Crippen LogP contribution in [0.15, 0.2) is 24.3 Å². The number of rotatable bonds is 7. The van der Waals surface area contributed by atoms with Gasteiger partial charge in [0.2, 0.25) is 5.91 Å². The fraction of sp³-hybridized carbons (Fsp3) is 0.650. The van der Waals surface area contributed by atoms with Crippen molar-refractivity contribution in [3.05, 3.63) is 29.8 Å². The highest BCUT2D eigenvalue weighted by Crippen LogP contribution is 2.32. The predicted molar refractivity (Wildman–Crippen MR) is 95.9 cm³/mol. The average molecular weight is 330 g/mol. The fourth-order valence-electron chi connectivity index (χ4n) is 3.41. The minimum Gasteiger partial charge on any atom is -0.494 e. The third-order valence-electron chi connectivity index (χ3n) is 5.11. The van der Waals surface area contributed by atoms with Crippen LogP contribution in [-0.2, 0) is 11.3 Å². The van der Waals surface area contributed by atoms with E-state index in [-0.39, 0.29) is 0 Å². The van der Waals surface area contributed by atoms with Crippen molar-refractivity contribution < 1.29 is 9.53 Å². The Bertz CT molecular complexity index is 539. The molecular weight excluding hydrogens is 300 g/mol. The molecule has 1 saturated heterocycles. The number of amides is 1. The Kier molecular flexibility index (Phi) is 5.77. The highest BCUT2D eigenvalue weighted by molar-refractivity contribution is 5.81. The Balaban J connectivity index is 1.44. The van der Waals surface area contributed by atoms with Crippen LogP contribution < -0.4 is 10.1 Å². The van der Waals surface area contributed by atoms with Gasteiger partial charge in [0.25, 0.3) is 0 Å². The molecule has 0 spiro atoms. The predicted octanol–water partition coefficient (Wildman–Crippen LogP) is 3.21. The molecule has 1 aliphatic carbocycles. The summed E-state index contributed by atoms with van der Waals surface area (Å²) in [7, 11) is 0. The molecule has 0 bridgehead atoms. The molecule has 2 aliphatic rings. The average Bonchev–Trinajstić information content (AvgIpc) is 3.44. The van der Waals surface area contributed by atoms with Crippen LogP contribution >= 0.6 is 0 Å². The van der Waals surface area contributed by atoms with Crippen LogP contribution in [0.25, 0.3) is 0 Å². The van der Waals surface area contributed by atoms with Crippen molar-refractivity contribution in [1.29, 1.82) is 0 Å². The van der Waals surface area contributed by atoms with Gasteiger partial charge >= 0.3 is 0 Å². The summed E-state index contributed by atoms with van der Waals surface area (Å²) in [5.74, 6) is 2.19. The van der Waals surface area contributed by atoms with Crippen LogP contribution in [-0.4, -0.2) is 36.5 Å². The smallest absolute Gasteiger partial charge is 0.225 e. The molecule has 1 aromatic carbocycles. The zero-order valence-electron chi connectivity index (χ0n) is 15.0. The number of carbonyl (C=O) groups excluding carboxylic acids is 1. The van der Waals surface area contributed by atoms with Gasteiger partial charge in [-0.1, -0.05) is 26.0 Å². The van der Waals surface area contributed by atoms with Crippen molar-refractivity contribution in [1.82, 2.24) is 10.2 Å². The normalized spacial score (nSPS) is 24.0. The van der Waals surface area contributed by atoms with Gasteiger partial charge < -0.3 is 15.0 Å². The first-order chi connectivity index (χ1) is 11.7. The standard InChI is InChI=1S/C20H30N2O2/c1-3-12-24-18-8-4-16(5-9-18)13-21-19-10-11-22(14-15(19)2)20(23)17-6-7-17/h4-5,8-9,15,17,19,21H,3,6-7,10-14H2,1-2H3/t15-,19-/m0/s1. The second-order valence-corrected chi connectivity index (χ2v) is 7.30. The molecule has 1 heterocycles. The minimum atomic E-state index is 0.343. The van der Waals surface area contributed by atoms with Crippen molar-refractivity contribution in [3.63, 3.8) is 0 Å². The summed E-state index contributed by atoms with van der Waals surface area (Å²) in [6.45, 7) is 7.82. The number of hydrogen-bond acceptors (Lipinski definition) is 3. The van der Waals surface area contributed by atoms with Gasteiger partial charge in [-0.2, -0.15) is 0 Å². The van der Waals surface area contributed by atoms with Crippen molar-refractivity contribution in [3.8, 4) is 5.75 Å². The molecule has 2 fully saturated rings. The maximum atomic E-state index is 12.2. The van der Waals surface area contributed by atoms with Crippen molar-refractivity contribution in [2.75, 3.05) is 19.7 Å². The maximum absolute atomic E-state index is 12.2. The third kappa shape index (κ3) is 4.50. The molecule has 0 radical (unpaired) electrons. The summed E-state index contributed by atoms with van der Waals surface area (Å²) < 4.78 is 5.62. The third-order valence-corrected chi connectivity index (χ3v) is 5.11. The van der Waals surface area contributed by atoms with Gasteiger partial charge in [-0.05, 0) is 49.3 Å². The van der Waals surface area contributed by atoms with Crippen molar-refractivity contribution in [2.45, 2.75) is 52.1 Å². The highest BCUT2D eigenvalue weighted by atomic mass is 16.5. The van der Waals surface area contributed by atoms with Crippen molar-refractivity contribution in [2.24, 2.45) is 11.8 Å². The van der Waals surface area contributed by atoms with E-state index in [4.69, 9.17) is 4.74 Å². The SMILES string of the molecule is CCCOc1ccc(CN[C@H]2CCN(C(=O)C3CC3)C[C@@H]2C)cc1. The number of hydrogen-bond donors (Lipinski definition) is 1. The van der Waals surface area contributed by atoms with E-state index in [9.17, 15) is 4.79 Å². The van der Waals surface area contributed by atoms with Gasteiger partial charge in [-0.3, -0.25) is 4.79 Å². The summed E-state index contributed by atoms with van der Waals surface area (Å²) >= 11 is 0. The molecule has 1 amide bonds. The van der Waals surface area contributed by atoms with E-state index in [1.54, 1.807) is 0 Å². The lowest BCUT2D eigenvalue weighted by Gasteiger charge is -2.37. The summed E-state index contributed by atoms with van der Waals surface area (Å²) in [4.78, 5) is 14.3. The number of piperidine rings is 1. The van der Waals surface area contributed by atoms with Crippen LogP contribution in [0.3, 0.4) is 0 Å². The van der Waals surface area contributed by atoms with Crippen molar-refractivity contribution >= 4 is 5.91 Å². The molecule has 1 aliphatic heterocycles. The molecule has 4 nitrogen and oxygen atoms in total. The molecular formula is C20H30N2O2. The summed E-state index contributed by atoms with van der Waals surface area (Å²) in [6.07, 6.45) is 4.28. The number of nitrogens with zero attached hydrogens (tertiary/aromatic N) is 1. The molecule has 0 aromatic heterocycles. The first kappa shape index (κ1) is 17.3. The molecule has 132 valence electrons. The minimum absolute atomic E-state index is 0.343. The molecule has 3 rings (SSSR count). The van der Waals surface area contributed by atoms with E-state index in [1.807, 2.05) is 12.1 Å². The second kappa shape index (κ2) is 8.02. The zero-order valence-corrected chi connectivity index (χ0v) is 15.0. The maximum Gasteiger partial charge on any atom is 0.225 e. The quantitative estimate of drug-likeness (QED) is 0.835. The number of carbonyl (C=O) groups is 1. The van der Waals surface area contributed by atoms with Gasteiger partial charge in [0, 0.05) is 31.6 Å². The largest absolute Gasteiger partial charge is 0.494 e. The van der Waals surface area contributed by atoms with Gasteiger partial charge in [0.1, 0.15) is 5.75 Å². The van der Waals surface area contributed by atoms with E-state index in [2.05, 4.69) is 36.2 Å². The molecule has 1 saturated carbocycles. The van der Waals surface area contributed by atoms with E-state index in [0.717, 1.165) is 57.7 Å². The number of ether oxygens (including phenoxy) is 1. The summed E-state index contributed by atoms with van der Waals surface area (Å²) in [5, 5.41) is 3.68. The first-order valence-corrected chi connectivity index (χ1v) is 9.41. The first-order valence-electron chi connectivity index (χ1n) is 9.41. The Labute approximate surface area is 145 Å². The van der Waals surface area contributed by atoms with Gasteiger partial charge in [-0.25, -0.2) is 0 Å². The Morgan fingerprint density at radius 3 is 2.62 bits per heavy atom. The topological polar surface area (TPSA) is 41.6 Å². The van der Waals surface area contributed by atoms with E-state index in [0.29, 0.717) is 23.8 Å². The summed E-state index contributed by atoms with van der Waals surface area (Å²) in [6, 6.07) is 8.85. The van der Waals surface area contributed by atoms with Crippen LogP contribution in [0.4, 0.5) is 0 Å². The second-order valence-electron chi connectivity index (χ2n) is 7.30. The fourth-order valence-corrected chi connectivity index (χ4v) is 3.41. The summed E-state index contributed by atoms with van der Waals surface area (Å²) in [5.41, 5.74) is 1.28. The lowest BCUT2D eigenvalue weighted by molar-refractivity contribution is -0.134. The lowest BCUT2D eigenvalue weighted by atomic mass is 9.93. The van der Waals surface area contributed by atoms with E-state index >= 15 is 0 Å². The number of nitrogens with one attached hydrogen (secondary N) is 1. The highest BCUT2D eigenvalue weighted by Gasteiger charge is 2.36.